The molecular weight excluding hydrogens is 276 g/mol. The van der Waals surface area contributed by atoms with Gasteiger partial charge in [-0.2, -0.15) is 0 Å². The Morgan fingerprint density at radius 1 is 1.11 bits per heavy atom. The molecular formula is C15H14O2S2. The van der Waals surface area contributed by atoms with E-state index in [4.69, 9.17) is 0 Å². The van der Waals surface area contributed by atoms with Crippen molar-refractivity contribution in [1.82, 2.24) is 0 Å². The van der Waals surface area contributed by atoms with Gasteiger partial charge in [-0.3, -0.25) is 9.59 Å². The van der Waals surface area contributed by atoms with Gasteiger partial charge in [0.25, 0.3) is 0 Å². The van der Waals surface area contributed by atoms with Gasteiger partial charge in [0.15, 0.2) is 11.6 Å². The molecule has 2 nitrogen and oxygen atoms in total. The molecule has 2 aromatic rings. The highest BCUT2D eigenvalue weighted by atomic mass is 32.2. The first-order valence-electron chi connectivity index (χ1n) is 6.03. The summed E-state index contributed by atoms with van der Waals surface area (Å²) in [5.74, 6) is 0.724. The van der Waals surface area contributed by atoms with Gasteiger partial charge >= 0.3 is 0 Å². The summed E-state index contributed by atoms with van der Waals surface area (Å²) in [6.07, 6.45) is 0.517. The van der Waals surface area contributed by atoms with Gasteiger partial charge in [0, 0.05) is 16.9 Å². The molecule has 0 saturated heterocycles. The first-order valence-corrected chi connectivity index (χ1v) is 7.90. The molecule has 0 aliphatic rings. The van der Waals surface area contributed by atoms with Crippen LogP contribution in [0.5, 0.6) is 0 Å². The molecule has 0 spiro atoms. The molecule has 0 unspecified atom stereocenters. The number of rotatable bonds is 6. The zero-order valence-corrected chi connectivity index (χ0v) is 12.2. The largest absolute Gasteiger partial charge is 0.294 e. The first kappa shape index (κ1) is 14.0. The lowest BCUT2D eigenvalue weighted by Crippen LogP contribution is -1.99. The standard InChI is InChI=1S/C15H14O2S2/c1-2-13(16)11-5-7-12(8-6-11)19-10-14(17)15-4-3-9-18-15/h3-9H,2,10H2,1H3. The van der Waals surface area contributed by atoms with Crippen molar-refractivity contribution in [2.24, 2.45) is 0 Å². The van der Waals surface area contributed by atoms with Crippen molar-refractivity contribution in [3.63, 3.8) is 0 Å². The zero-order valence-electron chi connectivity index (χ0n) is 10.6. The van der Waals surface area contributed by atoms with Crippen molar-refractivity contribution < 1.29 is 9.59 Å². The molecule has 0 aliphatic carbocycles. The van der Waals surface area contributed by atoms with Crippen molar-refractivity contribution in [3.8, 4) is 0 Å². The van der Waals surface area contributed by atoms with Crippen LogP contribution in [0.2, 0.25) is 0 Å². The first-order chi connectivity index (χ1) is 9.20. The maximum Gasteiger partial charge on any atom is 0.182 e. The highest BCUT2D eigenvalue weighted by Crippen LogP contribution is 2.21. The fourth-order valence-corrected chi connectivity index (χ4v) is 3.14. The molecule has 2 rings (SSSR count). The third-order valence-corrected chi connectivity index (χ3v) is 4.59. The Bertz CT molecular complexity index is 556. The van der Waals surface area contributed by atoms with Gasteiger partial charge in [-0.05, 0) is 23.6 Å². The van der Waals surface area contributed by atoms with Crippen molar-refractivity contribution in [2.45, 2.75) is 18.2 Å². The quantitative estimate of drug-likeness (QED) is 0.587. The number of Topliss-reactive ketones (excluding diaryl/α,β-unsaturated/α-hetero) is 2. The fourth-order valence-electron chi connectivity index (χ4n) is 1.60. The summed E-state index contributed by atoms with van der Waals surface area (Å²) < 4.78 is 0. The number of benzene rings is 1. The minimum Gasteiger partial charge on any atom is -0.294 e. The van der Waals surface area contributed by atoms with E-state index in [2.05, 4.69) is 0 Å². The van der Waals surface area contributed by atoms with Gasteiger partial charge in [0.1, 0.15) is 0 Å². The van der Waals surface area contributed by atoms with Gasteiger partial charge in [0.2, 0.25) is 0 Å². The average Bonchev–Trinajstić information content (AvgIpc) is 2.98. The SMILES string of the molecule is CCC(=O)c1ccc(SCC(=O)c2cccs2)cc1. The fraction of sp³-hybridized carbons (Fsp3) is 0.200. The molecule has 4 heteroatoms. The predicted octanol–water partition coefficient (Wildman–Crippen LogP) is 4.32. The highest BCUT2D eigenvalue weighted by molar-refractivity contribution is 8.00. The maximum absolute atomic E-state index is 11.8. The Morgan fingerprint density at radius 3 is 2.42 bits per heavy atom. The molecule has 1 aromatic heterocycles. The zero-order chi connectivity index (χ0) is 13.7. The Morgan fingerprint density at radius 2 is 1.84 bits per heavy atom. The minimum atomic E-state index is 0.145. The summed E-state index contributed by atoms with van der Waals surface area (Å²) in [6.45, 7) is 1.85. The molecule has 1 aromatic carbocycles. The van der Waals surface area contributed by atoms with E-state index in [0.717, 1.165) is 15.3 Å². The number of ketones is 2. The van der Waals surface area contributed by atoms with E-state index < -0.39 is 0 Å². The Kier molecular flexibility index (Phi) is 4.93. The van der Waals surface area contributed by atoms with Crippen LogP contribution in [-0.2, 0) is 0 Å². The summed E-state index contributed by atoms with van der Waals surface area (Å²) in [7, 11) is 0. The molecule has 0 saturated carbocycles. The molecule has 19 heavy (non-hydrogen) atoms. The lowest BCUT2D eigenvalue weighted by atomic mass is 10.1. The van der Waals surface area contributed by atoms with Crippen LogP contribution in [0.1, 0.15) is 33.4 Å². The van der Waals surface area contributed by atoms with Crippen LogP contribution in [0.15, 0.2) is 46.7 Å². The van der Waals surface area contributed by atoms with Crippen LogP contribution in [0.4, 0.5) is 0 Å². The Hall–Kier alpha value is -1.39. The third kappa shape index (κ3) is 3.78. The molecule has 0 N–H and O–H groups in total. The monoisotopic (exact) mass is 290 g/mol. The predicted molar refractivity (Wildman–Crippen MR) is 80.4 cm³/mol. The number of thiophene rings is 1. The van der Waals surface area contributed by atoms with Crippen LogP contribution in [0.25, 0.3) is 0 Å². The van der Waals surface area contributed by atoms with E-state index in [1.165, 1.54) is 23.1 Å². The smallest absolute Gasteiger partial charge is 0.182 e. The number of hydrogen-bond donors (Lipinski definition) is 0. The van der Waals surface area contributed by atoms with Crippen LogP contribution in [0, 0.1) is 0 Å². The van der Waals surface area contributed by atoms with Crippen molar-refractivity contribution in [3.05, 3.63) is 52.2 Å². The lowest BCUT2D eigenvalue weighted by molar-refractivity contribution is 0.0986. The van der Waals surface area contributed by atoms with Gasteiger partial charge < -0.3 is 0 Å². The van der Waals surface area contributed by atoms with Crippen molar-refractivity contribution >= 4 is 34.7 Å². The number of carbonyl (C=O) groups is 2. The van der Waals surface area contributed by atoms with Gasteiger partial charge in [0.05, 0.1) is 10.6 Å². The second kappa shape index (κ2) is 6.68. The van der Waals surface area contributed by atoms with Crippen LogP contribution in [-0.4, -0.2) is 17.3 Å². The maximum atomic E-state index is 11.8. The molecule has 0 atom stereocenters. The molecule has 0 aliphatic heterocycles. The second-order valence-corrected chi connectivity index (χ2v) is 5.99. The van der Waals surface area contributed by atoms with E-state index in [-0.39, 0.29) is 11.6 Å². The lowest BCUT2D eigenvalue weighted by Gasteiger charge is -2.02. The molecule has 0 radical (unpaired) electrons. The van der Waals surface area contributed by atoms with Crippen LogP contribution < -0.4 is 0 Å². The van der Waals surface area contributed by atoms with E-state index in [1.807, 2.05) is 48.7 Å². The van der Waals surface area contributed by atoms with E-state index >= 15 is 0 Å². The van der Waals surface area contributed by atoms with Crippen LogP contribution >= 0.6 is 23.1 Å². The van der Waals surface area contributed by atoms with Crippen molar-refractivity contribution in [1.29, 1.82) is 0 Å². The number of hydrogen-bond acceptors (Lipinski definition) is 4. The third-order valence-electron chi connectivity index (χ3n) is 2.66. The Balaban J connectivity index is 1.93. The molecule has 98 valence electrons. The average molecular weight is 290 g/mol. The summed E-state index contributed by atoms with van der Waals surface area (Å²) in [5.41, 5.74) is 0.733. The van der Waals surface area contributed by atoms with Gasteiger partial charge in [-0.15, -0.1) is 23.1 Å². The van der Waals surface area contributed by atoms with Crippen LogP contribution in [0.3, 0.4) is 0 Å². The van der Waals surface area contributed by atoms with E-state index in [1.54, 1.807) is 0 Å². The highest BCUT2D eigenvalue weighted by Gasteiger charge is 2.08. The summed E-state index contributed by atoms with van der Waals surface area (Å²) in [4.78, 5) is 25.1. The minimum absolute atomic E-state index is 0.145. The van der Waals surface area contributed by atoms with E-state index in [0.29, 0.717) is 12.2 Å². The molecule has 0 bridgehead atoms. The normalized spacial score (nSPS) is 10.4. The molecule has 0 amide bonds. The summed E-state index contributed by atoms with van der Waals surface area (Å²) >= 11 is 2.97. The number of carbonyl (C=O) groups excluding carboxylic acids is 2. The van der Waals surface area contributed by atoms with Gasteiger partial charge in [-0.25, -0.2) is 0 Å². The molecule has 0 fully saturated rings. The second-order valence-electron chi connectivity index (χ2n) is 3.99. The topological polar surface area (TPSA) is 34.1 Å². The summed E-state index contributed by atoms with van der Waals surface area (Å²) in [6, 6.07) is 11.2. The van der Waals surface area contributed by atoms with E-state index in [9.17, 15) is 9.59 Å². The summed E-state index contributed by atoms with van der Waals surface area (Å²) in [5, 5.41) is 1.91. The van der Waals surface area contributed by atoms with Crippen molar-refractivity contribution in [2.75, 3.05) is 5.75 Å². The molecule has 1 heterocycles. The van der Waals surface area contributed by atoms with Gasteiger partial charge in [-0.1, -0.05) is 25.1 Å². The number of thioether (sulfide) groups is 1. The Labute approximate surface area is 120 Å².